The van der Waals surface area contributed by atoms with Crippen molar-refractivity contribution < 1.29 is 27.2 Å². The van der Waals surface area contributed by atoms with E-state index in [-0.39, 0.29) is 36.4 Å². The Balaban J connectivity index is 1.41. The molecule has 0 radical (unpaired) electrons. The fourth-order valence-electron chi connectivity index (χ4n) is 3.90. The van der Waals surface area contributed by atoms with Crippen molar-refractivity contribution in [2.45, 2.75) is 43.9 Å². The number of rotatable bonds is 10. The number of carbonyl (C=O) groups is 2. The van der Waals surface area contributed by atoms with Gasteiger partial charge in [0, 0.05) is 24.7 Å². The van der Waals surface area contributed by atoms with Crippen LogP contribution in [0.25, 0.3) is 0 Å². The topological polar surface area (TPSA) is 130 Å². The Bertz CT molecular complexity index is 1420. The summed E-state index contributed by atoms with van der Waals surface area (Å²) in [4.78, 5) is 24.0. The van der Waals surface area contributed by atoms with Crippen molar-refractivity contribution in [2.75, 3.05) is 13.2 Å². The van der Waals surface area contributed by atoms with E-state index >= 15 is 0 Å². The molecule has 0 bridgehead atoms. The lowest BCUT2D eigenvalue weighted by molar-refractivity contribution is -0.139. The zero-order valence-corrected chi connectivity index (χ0v) is 22.9. The number of aryl methyl sites for hydroxylation is 1. The van der Waals surface area contributed by atoms with Crippen LogP contribution in [-0.2, 0) is 37.4 Å². The first kappa shape index (κ1) is 28.5. The van der Waals surface area contributed by atoms with Crippen molar-refractivity contribution in [3.05, 3.63) is 88.3 Å². The molecule has 39 heavy (non-hydrogen) atoms. The third-order valence-corrected chi connectivity index (χ3v) is 8.08. The normalized spacial score (nSPS) is 15.6. The van der Waals surface area contributed by atoms with Crippen molar-refractivity contribution in [3.63, 3.8) is 0 Å². The van der Waals surface area contributed by atoms with Crippen LogP contribution >= 0.6 is 11.6 Å². The van der Waals surface area contributed by atoms with Gasteiger partial charge in [0.25, 0.3) is 0 Å². The lowest BCUT2D eigenvalue weighted by Gasteiger charge is -2.21. The molecule has 1 aromatic heterocycles. The Morgan fingerprint density at radius 2 is 1.79 bits per heavy atom. The van der Waals surface area contributed by atoms with Crippen LogP contribution in [-0.4, -0.2) is 50.0 Å². The number of carbonyl (C=O) groups excluding carboxylic acids is 2. The minimum Gasteiger partial charge on any atom is -0.459 e. The van der Waals surface area contributed by atoms with Gasteiger partial charge in [0.15, 0.2) is 0 Å². The average Bonchev–Trinajstić information content (AvgIpc) is 3.60. The van der Waals surface area contributed by atoms with E-state index in [0.29, 0.717) is 17.4 Å². The standard InChI is InChI=1S/C27H29ClN4O6S/c1-19-4-6-20(7-5-19)17-32(39(35,36)25-12-8-21(28)9-13-25)18-24-11-10-23(38-24)16-30-31-27(34)26(33)29-15-22-3-2-14-37-22/h4-13,16,22H,2-3,14-15,17-18H2,1H3,(H,29,33)(H,31,34)/b30-16+/t22-/m1/s1. The third kappa shape index (κ3) is 7.99. The monoisotopic (exact) mass is 572 g/mol. The Labute approximate surface area is 232 Å². The van der Waals surface area contributed by atoms with Gasteiger partial charge in [-0.3, -0.25) is 9.59 Å². The lowest BCUT2D eigenvalue weighted by atomic mass is 10.1. The Kier molecular flexibility index (Phi) is 9.52. The molecule has 206 valence electrons. The highest BCUT2D eigenvalue weighted by molar-refractivity contribution is 7.89. The van der Waals surface area contributed by atoms with Gasteiger partial charge in [-0.1, -0.05) is 41.4 Å². The number of hydrazone groups is 1. The molecule has 3 aromatic rings. The summed E-state index contributed by atoms with van der Waals surface area (Å²) in [6, 6.07) is 16.8. The van der Waals surface area contributed by atoms with Gasteiger partial charge in [-0.05, 0) is 61.7 Å². The van der Waals surface area contributed by atoms with Crippen molar-refractivity contribution in [1.29, 1.82) is 0 Å². The number of hydrogen-bond donors (Lipinski definition) is 2. The van der Waals surface area contributed by atoms with Gasteiger partial charge in [-0.25, -0.2) is 13.8 Å². The van der Waals surface area contributed by atoms with E-state index in [1.54, 1.807) is 12.1 Å². The average molecular weight is 573 g/mol. The molecule has 0 saturated carbocycles. The summed E-state index contributed by atoms with van der Waals surface area (Å²) in [5, 5.41) is 6.70. The van der Waals surface area contributed by atoms with Crippen LogP contribution in [0, 0.1) is 6.92 Å². The molecular weight excluding hydrogens is 544 g/mol. The molecule has 0 unspecified atom stereocenters. The second kappa shape index (κ2) is 13.0. The zero-order chi connectivity index (χ0) is 27.8. The molecule has 1 saturated heterocycles. The molecule has 2 N–H and O–H groups in total. The number of nitrogens with one attached hydrogen (secondary N) is 2. The molecule has 10 nitrogen and oxygen atoms in total. The number of furan rings is 1. The van der Waals surface area contributed by atoms with E-state index in [1.165, 1.54) is 34.8 Å². The summed E-state index contributed by atoms with van der Waals surface area (Å²) < 4.78 is 39.4. The molecule has 1 aliphatic rings. The molecule has 0 spiro atoms. The van der Waals surface area contributed by atoms with E-state index in [0.717, 1.165) is 24.0 Å². The number of halogens is 1. The number of amides is 2. The van der Waals surface area contributed by atoms with E-state index in [9.17, 15) is 18.0 Å². The van der Waals surface area contributed by atoms with E-state index in [1.807, 2.05) is 31.2 Å². The second-order valence-corrected chi connectivity index (χ2v) is 11.4. The zero-order valence-electron chi connectivity index (χ0n) is 21.3. The summed E-state index contributed by atoms with van der Waals surface area (Å²) in [6.45, 7) is 2.93. The largest absolute Gasteiger partial charge is 0.459 e. The van der Waals surface area contributed by atoms with Crippen molar-refractivity contribution in [1.82, 2.24) is 15.0 Å². The SMILES string of the molecule is Cc1ccc(CN(Cc2ccc(/C=N/NC(=O)C(=O)NC[C@H]3CCCO3)o2)S(=O)(=O)c2ccc(Cl)cc2)cc1. The van der Waals surface area contributed by atoms with Crippen molar-refractivity contribution in [3.8, 4) is 0 Å². The highest BCUT2D eigenvalue weighted by atomic mass is 35.5. The fourth-order valence-corrected chi connectivity index (χ4v) is 5.42. The van der Waals surface area contributed by atoms with E-state index in [2.05, 4.69) is 15.8 Å². The number of nitrogens with zero attached hydrogens (tertiary/aromatic N) is 2. The van der Waals surface area contributed by atoms with Crippen LogP contribution in [0.5, 0.6) is 0 Å². The van der Waals surface area contributed by atoms with Gasteiger partial charge in [-0.15, -0.1) is 0 Å². The Hall–Kier alpha value is -3.51. The van der Waals surface area contributed by atoms with Gasteiger partial charge in [-0.2, -0.15) is 9.41 Å². The molecule has 2 aromatic carbocycles. The van der Waals surface area contributed by atoms with Crippen LogP contribution in [0.2, 0.25) is 5.02 Å². The maximum Gasteiger partial charge on any atom is 0.329 e. The van der Waals surface area contributed by atoms with Crippen molar-refractivity contribution >= 4 is 39.7 Å². The summed E-state index contributed by atoms with van der Waals surface area (Å²) in [5.74, 6) is -1.11. The second-order valence-electron chi connectivity index (χ2n) is 9.06. The molecule has 12 heteroatoms. The van der Waals surface area contributed by atoms with Crippen LogP contribution in [0.15, 0.2) is 75.1 Å². The maximum atomic E-state index is 13.5. The Morgan fingerprint density at radius 1 is 1.05 bits per heavy atom. The van der Waals surface area contributed by atoms with Crippen LogP contribution in [0.3, 0.4) is 0 Å². The van der Waals surface area contributed by atoms with Crippen LogP contribution < -0.4 is 10.7 Å². The fraction of sp³-hybridized carbons (Fsp3) is 0.296. The minimum absolute atomic E-state index is 0.0509. The molecule has 1 aliphatic heterocycles. The van der Waals surface area contributed by atoms with E-state index < -0.39 is 21.8 Å². The maximum absolute atomic E-state index is 13.5. The number of ether oxygens (including phenoxy) is 1. The first-order valence-electron chi connectivity index (χ1n) is 12.3. The summed E-state index contributed by atoms with van der Waals surface area (Å²) in [6.07, 6.45) is 2.91. The van der Waals surface area contributed by atoms with Crippen molar-refractivity contribution in [2.24, 2.45) is 5.10 Å². The predicted octanol–water partition coefficient (Wildman–Crippen LogP) is 3.38. The smallest absolute Gasteiger partial charge is 0.329 e. The first-order valence-corrected chi connectivity index (χ1v) is 14.2. The Morgan fingerprint density at radius 3 is 2.49 bits per heavy atom. The molecule has 2 amide bonds. The van der Waals surface area contributed by atoms with Gasteiger partial charge in [0.2, 0.25) is 10.0 Å². The summed E-state index contributed by atoms with van der Waals surface area (Å²) >= 11 is 5.95. The number of hydrogen-bond acceptors (Lipinski definition) is 7. The molecule has 4 rings (SSSR count). The number of sulfonamides is 1. The number of benzene rings is 2. The quantitative estimate of drug-likeness (QED) is 0.218. The highest BCUT2D eigenvalue weighted by Gasteiger charge is 2.26. The summed E-state index contributed by atoms with van der Waals surface area (Å²) in [5.41, 5.74) is 4.02. The third-order valence-electron chi connectivity index (χ3n) is 6.02. The van der Waals surface area contributed by atoms with Gasteiger partial charge < -0.3 is 14.5 Å². The highest BCUT2D eigenvalue weighted by Crippen LogP contribution is 2.23. The van der Waals surface area contributed by atoms with E-state index in [4.69, 9.17) is 20.8 Å². The molecular formula is C27H29ClN4O6S. The summed E-state index contributed by atoms with van der Waals surface area (Å²) in [7, 11) is -3.89. The molecule has 2 heterocycles. The lowest BCUT2D eigenvalue weighted by Crippen LogP contribution is -2.41. The first-order chi connectivity index (χ1) is 18.7. The van der Waals surface area contributed by atoms with Gasteiger partial charge in [0.05, 0.1) is 23.8 Å². The van der Waals surface area contributed by atoms with Crippen LogP contribution in [0.4, 0.5) is 0 Å². The molecule has 1 fully saturated rings. The predicted molar refractivity (Wildman–Crippen MR) is 145 cm³/mol. The van der Waals surface area contributed by atoms with Crippen LogP contribution in [0.1, 0.15) is 35.5 Å². The van der Waals surface area contributed by atoms with Gasteiger partial charge >= 0.3 is 11.8 Å². The minimum atomic E-state index is -3.89. The molecule has 1 atom stereocenters. The molecule has 0 aliphatic carbocycles. The van der Waals surface area contributed by atoms with Gasteiger partial charge in [0.1, 0.15) is 11.5 Å².